The van der Waals surface area contributed by atoms with E-state index in [1.54, 1.807) is 24.7 Å². The van der Waals surface area contributed by atoms with E-state index < -0.39 is 0 Å². The van der Waals surface area contributed by atoms with Crippen LogP contribution >= 0.6 is 0 Å². The first-order chi connectivity index (χ1) is 15.2. The molecule has 156 valence electrons. The van der Waals surface area contributed by atoms with Gasteiger partial charge in [0.2, 0.25) is 0 Å². The van der Waals surface area contributed by atoms with Gasteiger partial charge < -0.3 is 4.57 Å². The highest BCUT2D eigenvalue weighted by molar-refractivity contribution is 5.76. The maximum atomic E-state index is 13.5. The van der Waals surface area contributed by atoms with Crippen LogP contribution in [0.5, 0.6) is 0 Å². The summed E-state index contributed by atoms with van der Waals surface area (Å²) in [7, 11) is 0. The van der Waals surface area contributed by atoms with Crippen LogP contribution in [-0.4, -0.2) is 42.5 Å². The molecule has 1 saturated heterocycles. The molecule has 31 heavy (non-hydrogen) atoms. The third-order valence-electron chi connectivity index (χ3n) is 5.76. The first kappa shape index (κ1) is 19.5. The van der Waals surface area contributed by atoms with E-state index >= 15 is 0 Å². The Labute approximate surface area is 180 Å². The molecule has 0 bridgehead atoms. The smallest absolute Gasteiger partial charge is 0.123 e. The fourth-order valence-electron chi connectivity index (χ4n) is 4.17. The Kier molecular flexibility index (Phi) is 5.26. The van der Waals surface area contributed by atoms with Crippen LogP contribution in [0.3, 0.4) is 0 Å². The predicted octanol–water partition coefficient (Wildman–Crippen LogP) is 4.30. The minimum Gasteiger partial charge on any atom is -0.324 e. The molecule has 1 aliphatic rings. The number of likely N-dealkylation sites (tertiary alicyclic amines) is 1. The molecular formula is C24H23FN6. The highest BCUT2D eigenvalue weighted by atomic mass is 19.1. The summed E-state index contributed by atoms with van der Waals surface area (Å²) in [6.45, 7) is 4.81. The number of pyridine rings is 1. The molecule has 0 spiro atoms. The highest BCUT2D eigenvalue weighted by Crippen LogP contribution is 2.35. The topological polar surface area (TPSA) is 59.7 Å². The number of benzene rings is 1. The van der Waals surface area contributed by atoms with Crippen LogP contribution in [0.15, 0.2) is 67.5 Å². The molecule has 3 aromatic heterocycles. The molecule has 5 rings (SSSR count). The summed E-state index contributed by atoms with van der Waals surface area (Å²) in [5.74, 6) is -0.260. The van der Waals surface area contributed by atoms with Crippen LogP contribution in [0.1, 0.15) is 23.7 Å². The summed E-state index contributed by atoms with van der Waals surface area (Å²) in [5, 5.41) is 0. The first-order valence-corrected chi connectivity index (χ1v) is 10.4. The normalized spacial score (nSPS) is 16.6. The minimum atomic E-state index is -0.260. The quantitative estimate of drug-likeness (QED) is 0.487. The lowest BCUT2D eigenvalue weighted by molar-refractivity contribution is 0.316. The molecule has 4 heterocycles. The fraction of sp³-hybridized carbons (Fsp3) is 0.250. The average molecular weight is 414 g/mol. The number of nitrogens with zero attached hydrogens (tertiary/aromatic N) is 6. The summed E-state index contributed by atoms with van der Waals surface area (Å²) in [5.41, 5.74) is 5.68. The molecule has 1 aromatic carbocycles. The molecular weight excluding hydrogens is 391 g/mol. The molecule has 1 atom stereocenters. The Bertz CT molecular complexity index is 1160. The van der Waals surface area contributed by atoms with Crippen molar-refractivity contribution in [1.82, 2.24) is 29.4 Å². The van der Waals surface area contributed by atoms with E-state index in [9.17, 15) is 4.39 Å². The van der Waals surface area contributed by atoms with E-state index in [-0.39, 0.29) is 11.9 Å². The van der Waals surface area contributed by atoms with Crippen molar-refractivity contribution in [3.05, 3.63) is 84.6 Å². The van der Waals surface area contributed by atoms with E-state index in [1.807, 2.05) is 25.5 Å². The van der Waals surface area contributed by atoms with Crippen LogP contribution in [0, 0.1) is 12.7 Å². The van der Waals surface area contributed by atoms with Crippen molar-refractivity contribution < 1.29 is 4.39 Å². The standard InChI is InChI=1S/C24H23FN6/c1-17-2-3-18(12-27-17)13-30-11-9-21(14-30)31-16-29-23(19-4-6-20(25)7-5-19)24(31)22-8-10-26-15-28-22/h2-8,10,12,15-16,21H,9,11,13-14H2,1H3. The number of halogens is 1. The SMILES string of the molecule is Cc1ccc(CN2CCC(n3cnc(-c4ccc(F)cc4)c3-c3ccncn3)C2)cn1. The minimum absolute atomic E-state index is 0.260. The summed E-state index contributed by atoms with van der Waals surface area (Å²) in [6, 6.07) is 12.8. The second-order valence-corrected chi connectivity index (χ2v) is 7.94. The highest BCUT2D eigenvalue weighted by Gasteiger charge is 2.28. The van der Waals surface area contributed by atoms with Crippen molar-refractivity contribution in [2.24, 2.45) is 0 Å². The largest absolute Gasteiger partial charge is 0.324 e. The van der Waals surface area contributed by atoms with Crippen LogP contribution in [0.4, 0.5) is 4.39 Å². The lowest BCUT2D eigenvalue weighted by Gasteiger charge is -2.18. The molecule has 0 radical (unpaired) electrons. The van der Waals surface area contributed by atoms with E-state index in [4.69, 9.17) is 4.98 Å². The van der Waals surface area contributed by atoms with Gasteiger partial charge in [-0.3, -0.25) is 9.88 Å². The number of aromatic nitrogens is 5. The lowest BCUT2D eigenvalue weighted by atomic mass is 10.1. The second kappa shape index (κ2) is 8.35. The Morgan fingerprint density at radius 2 is 1.90 bits per heavy atom. The van der Waals surface area contributed by atoms with Gasteiger partial charge >= 0.3 is 0 Å². The number of hydrogen-bond donors (Lipinski definition) is 0. The monoisotopic (exact) mass is 414 g/mol. The van der Waals surface area contributed by atoms with Crippen molar-refractivity contribution >= 4 is 0 Å². The zero-order valence-corrected chi connectivity index (χ0v) is 17.3. The van der Waals surface area contributed by atoms with Gasteiger partial charge in [0, 0.05) is 49.3 Å². The lowest BCUT2D eigenvalue weighted by Crippen LogP contribution is -2.21. The van der Waals surface area contributed by atoms with Gasteiger partial charge in [-0.15, -0.1) is 0 Å². The number of hydrogen-bond acceptors (Lipinski definition) is 5. The molecule has 0 aliphatic carbocycles. The van der Waals surface area contributed by atoms with Gasteiger partial charge in [0.25, 0.3) is 0 Å². The van der Waals surface area contributed by atoms with E-state index in [1.165, 1.54) is 17.7 Å². The Morgan fingerprint density at radius 1 is 1.03 bits per heavy atom. The van der Waals surface area contributed by atoms with Crippen LogP contribution in [-0.2, 0) is 6.54 Å². The Balaban J connectivity index is 1.45. The van der Waals surface area contributed by atoms with Gasteiger partial charge in [-0.1, -0.05) is 6.07 Å². The maximum Gasteiger partial charge on any atom is 0.123 e. The molecule has 1 fully saturated rings. The molecule has 0 saturated carbocycles. The van der Waals surface area contributed by atoms with Crippen molar-refractivity contribution in [2.45, 2.75) is 25.9 Å². The first-order valence-electron chi connectivity index (χ1n) is 10.4. The van der Waals surface area contributed by atoms with Gasteiger partial charge in [-0.2, -0.15) is 0 Å². The predicted molar refractivity (Wildman–Crippen MR) is 117 cm³/mol. The number of imidazole rings is 1. The van der Waals surface area contributed by atoms with Crippen molar-refractivity contribution in [2.75, 3.05) is 13.1 Å². The van der Waals surface area contributed by atoms with Gasteiger partial charge in [0.15, 0.2) is 0 Å². The molecule has 0 amide bonds. The Morgan fingerprint density at radius 3 is 2.65 bits per heavy atom. The zero-order chi connectivity index (χ0) is 21.2. The van der Waals surface area contributed by atoms with Crippen molar-refractivity contribution in [3.63, 3.8) is 0 Å². The van der Waals surface area contributed by atoms with Gasteiger partial charge in [-0.05, 0) is 55.3 Å². The maximum absolute atomic E-state index is 13.5. The second-order valence-electron chi connectivity index (χ2n) is 7.94. The average Bonchev–Trinajstić information content (AvgIpc) is 3.44. The molecule has 1 unspecified atom stereocenters. The summed E-state index contributed by atoms with van der Waals surface area (Å²) in [6.07, 6.45) is 8.15. The van der Waals surface area contributed by atoms with E-state index in [0.29, 0.717) is 0 Å². The number of aryl methyl sites for hydroxylation is 1. The summed E-state index contributed by atoms with van der Waals surface area (Å²) < 4.78 is 15.7. The third kappa shape index (κ3) is 4.09. The fourth-order valence-corrected chi connectivity index (χ4v) is 4.17. The molecule has 1 aliphatic heterocycles. The van der Waals surface area contributed by atoms with Crippen LogP contribution in [0.25, 0.3) is 22.6 Å². The van der Waals surface area contributed by atoms with Crippen LogP contribution < -0.4 is 0 Å². The molecule has 0 N–H and O–H groups in total. The van der Waals surface area contributed by atoms with Gasteiger partial charge in [0.05, 0.1) is 23.4 Å². The van der Waals surface area contributed by atoms with Crippen LogP contribution in [0.2, 0.25) is 0 Å². The molecule has 6 nitrogen and oxygen atoms in total. The van der Waals surface area contributed by atoms with E-state index in [0.717, 1.165) is 54.4 Å². The molecule has 7 heteroatoms. The van der Waals surface area contributed by atoms with Crippen molar-refractivity contribution in [3.8, 4) is 22.6 Å². The Hall–Kier alpha value is -3.45. The van der Waals surface area contributed by atoms with Gasteiger partial charge in [-0.25, -0.2) is 19.3 Å². The summed E-state index contributed by atoms with van der Waals surface area (Å²) in [4.78, 5) is 20.1. The molecule has 4 aromatic rings. The van der Waals surface area contributed by atoms with E-state index in [2.05, 4.69) is 36.6 Å². The third-order valence-corrected chi connectivity index (χ3v) is 5.76. The van der Waals surface area contributed by atoms with Crippen molar-refractivity contribution in [1.29, 1.82) is 0 Å². The van der Waals surface area contributed by atoms with Gasteiger partial charge in [0.1, 0.15) is 12.1 Å². The zero-order valence-electron chi connectivity index (χ0n) is 17.3. The summed E-state index contributed by atoms with van der Waals surface area (Å²) >= 11 is 0. The number of rotatable bonds is 5.